The number of amides is 3. The Morgan fingerprint density at radius 3 is 2.30 bits per heavy atom. The summed E-state index contributed by atoms with van der Waals surface area (Å²) in [6.07, 6.45) is 1.75. The van der Waals surface area contributed by atoms with Crippen LogP contribution in [0.3, 0.4) is 0 Å². The first-order chi connectivity index (χ1) is 17.6. The molecule has 1 aromatic heterocycles. The number of aromatic amines is 1. The van der Waals surface area contributed by atoms with Gasteiger partial charge in [0.25, 0.3) is 0 Å². The number of hydrogen-bond acceptors (Lipinski definition) is 8. The number of rotatable bonds is 15. The molecule has 37 heavy (non-hydrogen) atoms. The first-order valence-corrected chi connectivity index (χ1v) is 12.7. The van der Waals surface area contributed by atoms with Crippen LogP contribution >= 0.6 is 12.6 Å². The summed E-state index contributed by atoms with van der Waals surface area (Å²) in [7, 11) is 0. The van der Waals surface area contributed by atoms with Gasteiger partial charge in [-0.1, -0.05) is 18.2 Å². The van der Waals surface area contributed by atoms with Crippen molar-refractivity contribution in [2.24, 2.45) is 11.5 Å². The number of aromatic nitrogens is 1. The molecule has 0 spiro atoms. The van der Waals surface area contributed by atoms with Gasteiger partial charge in [-0.2, -0.15) is 12.6 Å². The zero-order chi connectivity index (χ0) is 27.5. The molecule has 13 heteroatoms. The molecule has 2 rings (SSSR count). The number of H-pyrrole nitrogens is 1. The van der Waals surface area contributed by atoms with Crippen molar-refractivity contribution in [3.05, 3.63) is 36.0 Å². The highest BCUT2D eigenvalue weighted by molar-refractivity contribution is 7.80. The molecule has 0 bridgehead atoms. The van der Waals surface area contributed by atoms with Crippen LogP contribution < -0.4 is 27.4 Å². The predicted octanol–water partition coefficient (Wildman–Crippen LogP) is -0.984. The third kappa shape index (κ3) is 8.74. The van der Waals surface area contributed by atoms with Crippen LogP contribution in [0.15, 0.2) is 30.5 Å². The van der Waals surface area contributed by atoms with E-state index in [0.29, 0.717) is 24.9 Å². The number of aliphatic hydroxyl groups is 1. The molecular formula is C24H36N6O6S. The fourth-order valence-electron chi connectivity index (χ4n) is 3.77. The van der Waals surface area contributed by atoms with E-state index in [1.165, 1.54) is 6.92 Å². The highest BCUT2D eigenvalue weighted by atomic mass is 32.1. The second-order valence-electron chi connectivity index (χ2n) is 8.82. The fraction of sp³-hybridized carbons (Fsp3) is 0.500. The van der Waals surface area contributed by atoms with Crippen molar-refractivity contribution in [2.75, 3.05) is 12.3 Å². The zero-order valence-corrected chi connectivity index (χ0v) is 21.5. The summed E-state index contributed by atoms with van der Waals surface area (Å²) < 4.78 is 0. The molecule has 2 aromatic rings. The van der Waals surface area contributed by atoms with Gasteiger partial charge in [0.1, 0.15) is 12.1 Å². The lowest BCUT2D eigenvalue weighted by Crippen LogP contribution is -2.58. The molecule has 10 N–H and O–H groups in total. The van der Waals surface area contributed by atoms with Gasteiger partial charge in [-0.25, -0.2) is 4.79 Å². The summed E-state index contributed by atoms with van der Waals surface area (Å²) in [5, 5.41) is 27.6. The number of para-hydroxylation sites is 1. The Hall–Kier alpha value is -3.13. The molecule has 5 unspecified atom stereocenters. The minimum Gasteiger partial charge on any atom is -0.480 e. The molecule has 3 amide bonds. The summed E-state index contributed by atoms with van der Waals surface area (Å²) in [4.78, 5) is 53.5. The number of carbonyl (C=O) groups excluding carboxylic acids is 3. The number of thiol groups is 1. The van der Waals surface area contributed by atoms with E-state index in [0.717, 1.165) is 10.9 Å². The van der Waals surface area contributed by atoms with Crippen LogP contribution in [0.2, 0.25) is 0 Å². The first-order valence-electron chi connectivity index (χ1n) is 12.0. The zero-order valence-electron chi connectivity index (χ0n) is 20.6. The Morgan fingerprint density at radius 1 is 1.03 bits per heavy atom. The lowest BCUT2D eigenvalue weighted by molar-refractivity contribution is -0.145. The van der Waals surface area contributed by atoms with E-state index in [1.54, 1.807) is 6.20 Å². The minimum atomic E-state index is -1.58. The summed E-state index contributed by atoms with van der Waals surface area (Å²) in [5.74, 6) is -3.36. The van der Waals surface area contributed by atoms with Crippen LogP contribution in [0.25, 0.3) is 10.9 Å². The van der Waals surface area contributed by atoms with E-state index in [2.05, 4.69) is 33.6 Å². The SMILES string of the molecule is CC(O)C(NC(=O)C(Cc1c[nH]c2ccccc12)NC(=O)C(CCCCN)NC(=O)C(N)CS)C(=O)O. The Kier molecular flexibility index (Phi) is 11.9. The van der Waals surface area contributed by atoms with E-state index in [9.17, 15) is 29.4 Å². The third-order valence-electron chi connectivity index (χ3n) is 5.89. The summed E-state index contributed by atoms with van der Waals surface area (Å²) in [6, 6.07) is 2.66. The van der Waals surface area contributed by atoms with Gasteiger partial charge in [-0.15, -0.1) is 0 Å². The van der Waals surface area contributed by atoms with Crippen molar-refractivity contribution in [1.29, 1.82) is 0 Å². The van der Waals surface area contributed by atoms with Gasteiger partial charge in [0.2, 0.25) is 17.7 Å². The van der Waals surface area contributed by atoms with Crippen LogP contribution in [-0.4, -0.2) is 81.5 Å². The number of unbranched alkanes of at least 4 members (excludes halogenated alkanes) is 1. The molecular weight excluding hydrogens is 500 g/mol. The van der Waals surface area contributed by atoms with Crippen molar-refractivity contribution in [3.8, 4) is 0 Å². The molecule has 12 nitrogen and oxygen atoms in total. The van der Waals surface area contributed by atoms with Crippen LogP contribution in [0.1, 0.15) is 31.7 Å². The first kappa shape index (κ1) is 30.1. The monoisotopic (exact) mass is 536 g/mol. The van der Waals surface area contributed by atoms with Crippen molar-refractivity contribution in [2.45, 2.75) is 62.9 Å². The fourth-order valence-corrected chi connectivity index (χ4v) is 3.93. The van der Waals surface area contributed by atoms with Gasteiger partial charge in [0.15, 0.2) is 6.04 Å². The maximum atomic E-state index is 13.3. The molecule has 0 saturated heterocycles. The standard InChI is InChI=1S/C24H36N6O6S/c1-13(31)20(24(35)36)30-23(34)19(10-14-11-27-17-7-3-2-6-15(14)17)29-22(33)18(8-4-5-9-25)28-21(32)16(26)12-37/h2-3,6-7,11,13,16,18-20,27,31,37H,4-5,8-10,12,25-26H2,1H3,(H,28,32)(H,29,33)(H,30,34)(H,35,36). The Bertz CT molecular complexity index is 1080. The quantitative estimate of drug-likeness (QED) is 0.102. The number of carboxylic acid groups (broad SMARTS) is 1. The topological polar surface area (TPSA) is 213 Å². The molecule has 0 aliphatic heterocycles. The lowest BCUT2D eigenvalue weighted by Gasteiger charge is -2.25. The number of hydrogen-bond donors (Lipinski definition) is 9. The molecule has 0 aliphatic rings. The molecule has 0 saturated carbocycles. The number of nitrogens with two attached hydrogens (primary N) is 2. The Labute approximate surface area is 220 Å². The molecule has 1 aromatic carbocycles. The minimum absolute atomic E-state index is 0.0212. The van der Waals surface area contributed by atoms with Gasteiger partial charge < -0.3 is 42.6 Å². The second-order valence-corrected chi connectivity index (χ2v) is 9.19. The van der Waals surface area contributed by atoms with Crippen molar-refractivity contribution in [1.82, 2.24) is 20.9 Å². The third-order valence-corrected chi connectivity index (χ3v) is 6.28. The van der Waals surface area contributed by atoms with E-state index in [1.807, 2.05) is 24.3 Å². The van der Waals surface area contributed by atoms with E-state index < -0.39 is 54.0 Å². The normalized spacial score (nSPS) is 15.3. The predicted molar refractivity (Wildman–Crippen MR) is 142 cm³/mol. The average molecular weight is 537 g/mol. The summed E-state index contributed by atoms with van der Waals surface area (Å²) in [5.41, 5.74) is 12.8. The van der Waals surface area contributed by atoms with Crippen molar-refractivity contribution >= 4 is 47.2 Å². The maximum absolute atomic E-state index is 13.3. The van der Waals surface area contributed by atoms with E-state index >= 15 is 0 Å². The highest BCUT2D eigenvalue weighted by Crippen LogP contribution is 2.19. The van der Waals surface area contributed by atoms with E-state index in [-0.39, 0.29) is 18.6 Å². The van der Waals surface area contributed by atoms with Crippen LogP contribution in [0, 0.1) is 0 Å². The second kappa shape index (κ2) is 14.6. The van der Waals surface area contributed by atoms with Crippen molar-refractivity contribution in [3.63, 3.8) is 0 Å². The molecule has 0 radical (unpaired) electrons. The Balaban J connectivity index is 2.31. The summed E-state index contributed by atoms with van der Waals surface area (Å²) >= 11 is 4.01. The lowest BCUT2D eigenvalue weighted by atomic mass is 10.0. The van der Waals surface area contributed by atoms with E-state index in [4.69, 9.17) is 11.5 Å². The van der Waals surface area contributed by atoms with Gasteiger partial charge in [0, 0.05) is 29.3 Å². The van der Waals surface area contributed by atoms with Gasteiger partial charge >= 0.3 is 5.97 Å². The average Bonchev–Trinajstić information content (AvgIpc) is 3.27. The number of carbonyl (C=O) groups is 4. The number of benzene rings is 1. The van der Waals surface area contributed by atoms with Crippen LogP contribution in [0.5, 0.6) is 0 Å². The molecule has 0 fully saturated rings. The summed E-state index contributed by atoms with van der Waals surface area (Å²) in [6.45, 7) is 1.64. The number of aliphatic hydroxyl groups excluding tert-OH is 1. The van der Waals surface area contributed by atoms with Gasteiger partial charge in [-0.05, 0) is 44.4 Å². The molecule has 5 atom stereocenters. The largest absolute Gasteiger partial charge is 0.480 e. The van der Waals surface area contributed by atoms with Crippen LogP contribution in [0.4, 0.5) is 0 Å². The Morgan fingerprint density at radius 2 is 1.68 bits per heavy atom. The maximum Gasteiger partial charge on any atom is 0.328 e. The number of nitrogens with one attached hydrogen (secondary N) is 4. The number of aliphatic carboxylic acids is 1. The number of carboxylic acids is 1. The van der Waals surface area contributed by atoms with Gasteiger partial charge in [-0.3, -0.25) is 14.4 Å². The van der Waals surface area contributed by atoms with Crippen LogP contribution in [-0.2, 0) is 25.6 Å². The van der Waals surface area contributed by atoms with Gasteiger partial charge in [0.05, 0.1) is 12.1 Å². The van der Waals surface area contributed by atoms with Crippen molar-refractivity contribution < 1.29 is 29.4 Å². The molecule has 204 valence electrons. The molecule has 0 aliphatic carbocycles. The highest BCUT2D eigenvalue weighted by Gasteiger charge is 2.32. The molecule has 1 heterocycles. The number of fused-ring (bicyclic) bond motifs is 1. The smallest absolute Gasteiger partial charge is 0.328 e.